The zero-order chi connectivity index (χ0) is 22.9. The smallest absolute Gasteiger partial charge is 0.256 e. The Hall–Kier alpha value is -3.45. The molecule has 3 heterocycles. The average Bonchev–Trinajstić information content (AvgIpc) is 2.79. The molecule has 0 radical (unpaired) electrons. The van der Waals surface area contributed by atoms with Crippen molar-refractivity contribution in [3.63, 3.8) is 0 Å². The topological polar surface area (TPSA) is 68.7 Å². The molecule has 2 aliphatic heterocycles. The van der Waals surface area contributed by atoms with Gasteiger partial charge in [0.2, 0.25) is 0 Å². The number of likely N-dealkylation sites (tertiary alicyclic amines) is 1. The number of carbonyl (C=O) groups excluding carboxylic acids is 2. The number of carbonyl (C=O) groups is 2. The molecule has 0 atom stereocenters. The number of amides is 1. The van der Waals surface area contributed by atoms with Gasteiger partial charge >= 0.3 is 0 Å². The summed E-state index contributed by atoms with van der Waals surface area (Å²) in [6, 6.07) is 11.8. The number of aromatic nitrogens is 1. The second-order valence-corrected chi connectivity index (χ2v) is 8.64. The van der Waals surface area contributed by atoms with Gasteiger partial charge in [0.05, 0.1) is 12.2 Å². The van der Waals surface area contributed by atoms with Crippen LogP contribution in [0.2, 0.25) is 5.02 Å². The van der Waals surface area contributed by atoms with Crippen LogP contribution in [0, 0.1) is 11.7 Å². The van der Waals surface area contributed by atoms with Crippen molar-refractivity contribution in [1.82, 2.24) is 9.88 Å². The van der Waals surface area contributed by atoms with Crippen molar-refractivity contribution in [1.29, 1.82) is 0 Å². The number of rotatable bonds is 5. The van der Waals surface area contributed by atoms with Crippen molar-refractivity contribution in [2.24, 2.45) is 5.92 Å². The number of ketones is 1. The van der Waals surface area contributed by atoms with Crippen LogP contribution >= 0.6 is 11.6 Å². The molecule has 0 N–H and O–H groups in total. The predicted octanol–water partition coefficient (Wildman–Crippen LogP) is 4.20. The molecule has 5 rings (SSSR count). The Bertz CT molecular complexity index is 1230. The molecule has 0 saturated carbocycles. The molecule has 6 nitrogen and oxygen atoms in total. The Balaban J connectivity index is 1.22. The van der Waals surface area contributed by atoms with E-state index >= 15 is 0 Å². The van der Waals surface area contributed by atoms with Gasteiger partial charge in [-0.15, -0.1) is 0 Å². The molecule has 33 heavy (non-hydrogen) atoms. The maximum absolute atomic E-state index is 14.5. The van der Waals surface area contributed by atoms with E-state index in [1.54, 1.807) is 23.4 Å². The normalized spacial score (nSPS) is 15.5. The van der Waals surface area contributed by atoms with Gasteiger partial charge in [-0.3, -0.25) is 14.6 Å². The Kier molecular flexibility index (Phi) is 5.72. The number of ether oxygens (including phenoxy) is 2. The van der Waals surface area contributed by atoms with Gasteiger partial charge in [-0.25, -0.2) is 4.39 Å². The minimum absolute atomic E-state index is 0.0379. The number of hydrogen-bond acceptors (Lipinski definition) is 5. The summed E-state index contributed by atoms with van der Waals surface area (Å²) in [5.41, 5.74) is 2.31. The fourth-order valence-corrected chi connectivity index (χ4v) is 4.23. The summed E-state index contributed by atoms with van der Waals surface area (Å²) in [6.45, 7) is 1.27. The SMILES string of the molecule is O=C1COc2cc(F)c(C(=O)N3CC(COc4ccc(Cl)cc4-c4ccncc4)C3)cc2C1. The fraction of sp³-hybridized carbons (Fsp3) is 0.240. The van der Waals surface area contributed by atoms with E-state index < -0.39 is 11.7 Å². The van der Waals surface area contributed by atoms with Crippen molar-refractivity contribution in [2.75, 3.05) is 26.3 Å². The Morgan fingerprint density at radius 3 is 2.76 bits per heavy atom. The number of hydrogen-bond donors (Lipinski definition) is 0. The Labute approximate surface area is 194 Å². The van der Waals surface area contributed by atoms with E-state index in [1.807, 2.05) is 24.3 Å². The third kappa shape index (κ3) is 4.41. The molecule has 1 fully saturated rings. The summed E-state index contributed by atoms with van der Waals surface area (Å²) >= 11 is 6.17. The summed E-state index contributed by atoms with van der Waals surface area (Å²) in [5.74, 6) is 0.0132. The largest absolute Gasteiger partial charge is 0.493 e. The number of Topliss-reactive ketones (excluding diaryl/α,β-unsaturated/α-hetero) is 1. The maximum atomic E-state index is 14.5. The first-order chi connectivity index (χ1) is 16.0. The van der Waals surface area contributed by atoms with Crippen LogP contribution in [-0.4, -0.2) is 47.9 Å². The molecule has 0 aliphatic carbocycles. The number of pyridine rings is 1. The van der Waals surface area contributed by atoms with Crippen LogP contribution < -0.4 is 9.47 Å². The highest BCUT2D eigenvalue weighted by Crippen LogP contribution is 2.33. The first-order valence-electron chi connectivity index (χ1n) is 10.6. The third-order valence-corrected chi connectivity index (χ3v) is 6.04. The molecule has 0 unspecified atom stereocenters. The van der Waals surface area contributed by atoms with Crippen molar-refractivity contribution >= 4 is 23.3 Å². The zero-order valence-electron chi connectivity index (χ0n) is 17.6. The van der Waals surface area contributed by atoms with Crippen molar-refractivity contribution in [3.05, 3.63) is 76.8 Å². The van der Waals surface area contributed by atoms with Crippen molar-refractivity contribution in [2.45, 2.75) is 6.42 Å². The molecule has 1 saturated heterocycles. The van der Waals surface area contributed by atoms with E-state index in [0.717, 1.165) is 11.1 Å². The third-order valence-electron chi connectivity index (χ3n) is 5.81. The molecule has 1 amide bonds. The van der Waals surface area contributed by atoms with E-state index in [0.29, 0.717) is 41.8 Å². The molecular formula is C25H20ClFN2O4. The standard InChI is InChI=1S/C25H20ClFN2O4/c26-18-1-2-23(20(9-18)16-3-5-28-6-4-16)32-13-15-11-29(12-15)25(31)21-8-17-7-19(30)14-33-24(17)10-22(21)27/h1-6,8-10,15H,7,11-14H2. The lowest BCUT2D eigenvalue weighted by atomic mass is 9.97. The molecule has 168 valence electrons. The molecule has 3 aromatic rings. The monoisotopic (exact) mass is 466 g/mol. The molecule has 2 aromatic carbocycles. The van der Waals surface area contributed by atoms with Crippen LogP contribution in [0.3, 0.4) is 0 Å². The van der Waals surface area contributed by atoms with Gasteiger partial charge in [0.25, 0.3) is 5.91 Å². The predicted molar refractivity (Wildman–Crippen MR) is 120 cm³/mol. The molecule has 2 aliphatic rings. The minimum atomic E-state index is -0.643. The van der Waals surface area contributed by atoms with Crippen LogP contribution in [0.1, 0.15) is 15.9 Å². The first kappa shape index (κ1) is 21.4. The highest BCUT2D eigenvalue weighted by atomic mass is 35.5. The second kappa shape index (κ2) is 8.83. The van der Waals surface area contributed by atoms with Crippen LogP contribution in [0.4, 0.5) is 4.39 Å². The number of fused-ring (bicyclic) bond motifs is 1. The van der Waals surface area contributed by atoms with Gasteiger partial charge in [0.1, 0.15) is 23.9 Å². The van der Waals surface area contributed by atoms with E-state index in [4.69, 9.17) is 21.1 Å². The fourth-order valence-electron chi connectivity index (χ4n) is 4.06. The average molecular weight is 467 g/mol. The van der Waals surface area contributed by atoms with Crippen LogP contribution in [0.5, 0.6) is 11.5 Å². The first-order valence-corrected chi connectivity index (χ1v) is 10.9. The van der Waals surface area contributed by atoms with Gasteiger partial charge in [-0.1, -0.05) is 11.6 Å². The van der Waals surface area contributed by atoms with Crippen LogP contribution in [-0.2, 0) is 11.2 Å². The Morgan fingerprint density at radius 1 is 1.18 bits per heavy atom. The lowest BCUT2D eigenvalue weighted by Crippen LogP contribution is -2.52. The zero-order valence-corrected chi connectivity index (χ0v) is 18.3. The van der Waals surface area contributed by atoms with Gasteiger partial charge in [0, 0.05) is 60.0 Å². The van der Waals surface area contributed by atoms with Crippen LogP contribution in [0.25, 0.3) is 11.1 Å². The summed E-state index contributed by atoms with van der Waals surface area (Å²) < 4.78 is 25.8. The molecule has 1 aromatic heterocycles. The quantitative estimate of drug-likeness (QED) is 0.564. The number of benzene rings is 2. The lowest BCUT2D eigenvalue weighted by Gasteiger charge is -2.39. The minimum Gasteiger partial charge on any atom is -0.493 e. The maximum Gasteiger partial charge on any atom is 0.256 e. The van der Waals surface area contributed by atoms with Crippen molar-refractivity contribution < 1.29 is 23.5 Å². The van der Waals surface area contributed by atoms with Crippen molar-refractivity contribution in [3.8, 4) is 22.6 Å². The van der Waals surface area contributed by atoms with Gasteiger partial charge in [-0.2, -0.15) is 0 Å². The summed E-state index contributed by atoms with van der Waals surface area (Å²) in [6.07, 6.45) is 3.56. The van der Waals surface area contributed by atoms with Gasteiger partial charge in [-0.05, 0) is 42.0 Å². The summed E-state index contributed by atoms with van der Waals surface area (Å²) in [5, 5.41) is 0.605. The van der Waals surface area contributed by atoms with E-state index in [9.17, 15) is 14.0 Å². The van der Waals surface area contributed by atoms with Gasteiger partial charge in [0.15, 0.2) is 5.78 Å². The highest BCUT2D eigenvalue weighted by Gasteiger charge is 2.34. The lowest BCUT2D eigenvalue weighted by molar-refractivity contribution is -0.121. The van der Waals surface area contributed by atoms with E-state index in [1.165, 1.54) is 12.1 Å². The highest BCUT2D eigenvalue weighted by molar-refractivity contribution is 6.31. The van der Waals surface area contributed by atoms with E-state index in [2.05, 4.69) is 4.98 Å². The molecular weight excluding hydrogens is 447 g/mol. The van der Waals surface area contributed by atoms with Crippen LogP contribution in [0.15, 0.2) is 54.9 Å². The summed E-state index contributed by atoms with van der Waals surface area (Å²) in [4.78, 5) is 30.1. The molecule has 0 spiro atoms. The molecule has 0 bridgehead atoms. The van der Waals surface area contributed by atoms with E-state index in [-0.39, 0.29) is 30.3 Å². The van der Waals surface area contributed by atoms with Gasteiger partial charge < -0.3 is 14.4 Å². The summed E-state index contributed by atoms with van der Waals surface area (Å²) in [7, 11) is 0. The second-order valence-electron chi connectivity index (χ2n) is 8.21. The number of nitrogens with zero attached hydrogens (tertiary/aromatic N) is 2. The Morgan fingerprint density at radius 2 is 1.97 bits per heavy atom. The number of halogens is 2. The molecule has 8 heteroatoms.